The summed E-state index contributed by atoms with van der Waals surface area (Å²) in [5.74, 6) is -0.353. The van der Waals surface area contributed by atoms with Gasteiger partial charge in [-0.05, 0) is 49.6 Å². The molecule has 22 heavy (non-hydrogen) atoms. The van der Waals surface area contributed by atoms with Gasteiger partial charge in [-0.3, -0.25) is 9.59 Å². The summed E-state index contributed by atoms with van der Waals surface area (Å²) >= 11 is 1.23. The minimum Gasteiger partial charge on any atom is -0.331 e. The van der Waals surface area contributed by atoms with Crippen molar-refractivity contribution in [3.05, 3.63) is 57.5 Å². The Labute approximate surface area is 132 Å². The number of halogens is 1. The maximum Gasteiger partial charge on any atom is 0.264 e. The van der Waals surface area contributed by atoms with Crippen LogP contribution in [0.2, 0.25) is 0 Å². The lowest BCUT2D eigenvalue weighted by Crippen LogP contribution is -2.29. The van der Waals surface area contributed by atoms with Crippen LogP contribution in [0.4, 0.5) is 4.39 Å². The number of benzene rings is 1. The summed E-state index contributed by atoms with van der Waals surface area (Å²) in [5, 5.41) is 0. The Balaban J connectivity index is 1.84. The molecule has 2 heterocycles. The average molecular weight is 317 g/mol. The van der Waals surface area contributed by atoms with E-state index in [1.807, 2.05) is 4.90 Å². The lowest BCUT2D eigenvalue weighted by molar-refractivity contribution is 0.0740. The molecule has 1 aromatic heterocycles. The first-order valence-electron chi connectivity index (χ1n) is 7.23. The summed E-state index contributed by atoms with van der Waals surface area (Å²) < 4.78 is 13.1. The van der Waals surface area contributed by atoms with Gasteiger partial charge in [-0.1, -0.05) is 12.1 Å². The third-order valence-electron chi connectivity index (χ3n) is 3.93. The number of amides is 1. The van der Waals surface area contributed by atoms with Crippen LogP contribution in [0.25, 0.3) is 0 Å². The van der Waals surface area contributed by atoms with Gasteiger partial charge in [0.15, 0.2) is 5.78 Å². The first-order chi connectivity index (χ1) is 10.6. The third-order valence-corrected chi connectivity index (χ3v) is 5.11. The van der Waals surface area contributed by atoms with Crippen LogP contribution in [0, 0.1) is 5.82 Å². The highest BCUT2D eigenvalue weighted by Gasteiger charge is 2.31. The van der Waals surface area contributed by atoms with E-state index >= 15 is 0 Å². The van der Waals surface area contributed by atoms with Crippen LogP contribution in [0.15, 0.2) is 36.4 Å². The van der Waals surface area contributed by atoms with Crippen molar-refractivity contribution in [1.29, 1.82) is 0 Å². The second-order valence-corrected chi connectivity index (χ2v) is 6.51. The van der Waals surface area contributed by atoms with E-state index in [1.165, 1.54) is 30.4 Å². The normalized spacial score (nSPS) is 17.7. The Morgan fingerprint density at radius 2 is 1.82 bits per heavy atom. The topological polar surface area (TPSA) is 37.4 Å². The molecule has 0 spiro atoms. The molecule has 0 aliphatic carbocycles. The van der Waals surface area contributed by atoms with Gasteiger partial charge < -0.3 is 4.90 Å². The van der Waals surface area contributed by atoms with Gasteiger partial charge in [0.05, 0.1) is 15.8 Å². The van der Waals surface area contributed by atoms with Crippen molar-refractivity contribution >= 4 is 23.0 Å². The molecule has 114 valence electrons. The summed E-state index contributed by atoms with van der Waals surface area (Å²) in [7, 11) is 0. The van der Waals surface area contributed by atoms with Crippen LogP contribution in [-0.4, -0.2) is 23.1 Å². The lowest BCUT2D eigenvalue weighted by Gasteiger charge is -2.24. The van der Waals surface area contributed by atoms with Crippen molar-refractivity contribution in [3.8, 4) is 0 Å². The Bertz CT molecular complexity index is 708. The van der Waals surface area contributed by atoms with Crippen molar-refractivity contribution in [3.63, 3.8) is 0 Å². The molecule has 1 aliphatic rings. The quantitative estimate of drug-likeness (QED) is 0.800. The van der Waals surface area contributed by atoms with Gasteiger partial charge >= 0.3 is 0 Å². The number of carbonyl (C=O) groups excluding carboxylic acids is 2. The van der Waals surface area contributed by atoms with Crippen molar-refractivity contribution in [2.24, 2.45) is 0 Å². The van der Waals surface area contributed by atoms with Crippen molar-refractivity contribution in [2.75, 3.05) is 6.54 Å². The summed E-state index contributed by atoms with van der Waals surface area (Å²) in [6.07, 6.45) is 1.81. The van der Waals surface area contributed by atoms with E-state index in [0.717, 1.165) is 18.4 Å². The first kappa shape index (κ1) is 14.9. The molecule has 0 bridgehead atoms. The van der Waals surface area contributed by atoms with Gasteiger partial charge in [0.25, 0.3) is 5.91 Å². The van der Waals surface area contributed by atoms with Crippen molar-refractivity contribution in [1.82, 2.24) is 4.90 Å². The number of Topliss-reactive ketones (excluding diaryl/α,β-unsaturated/α-hetero) is 1. The number of ketones is 1. The number of hydrogen-bond donors (Lipinski definition) is 0. The van der Waals surface area contributed by atoms with E-state index in [2.05, 4.69) is 0 Å². The third kappa shape index (κ3) is 2.81. The van der Waals surface area contributed by atoms with Crippen LogP contribution < -0.4 is 0 Å². The van der Waals surface area contributed by atoms with Crippen LogP contribution in [-0.2, 0) is 0 Å². The number of thiophene rings is 1. The number of carbonyl (C=O) groups is 2. The van der Waals surface area contributed by atoms with Gasteiger partial charge in [-0.25, -0.2) is 4.39 Å². The predicted octanol–water partition coefficient (Wildman–Crippen LogP) is 4.07. The van der Waals surface area contributed by atoms with Gasteiger partial charge in [-0.2, -0.15) is 0 Å². The number of likely N-dealkylation sites (tertiary alicyclic amines) is 1. The standard InChI is InChI=1S/C17H16FNO2S/c1-11(20)15-8-9-16(22-15)17(21)19-10-2-3-14(19)12-4-6-13(18)7-5-12/h4-9,14H,2-3,10H2,1H3. The molecule has 0 radical (unpaired) electrons. The van der Waals surface area contributed by atoms with Gasteiger partial charge in [0, 0.05) is 6.54 Å². The largest absolute Gasteiger partial charge is 0.331 e. The van der Waals surface area contributed by atoms with Crippen LogP contribution in [0.5, 0.6) is 0 Å². The predicted molar refractivity (Wildman–Crippen MR) is 83.7 cm³/mol. The second kappa shape index (κ2) is 6.01. The fourth-order valence-electron chi connectivity index (χ4n) is 2.82. The molecule has 1 fully saturated rings. The molecule has 1 aliphatic heterocycles. The van der Waals surface area contributed by atoms with Gasteiger partial charge in [0.2, 0.25) is 0 Å². The summed E-state index contributed by atoms with van der Waals surface area (Å²) in [6.45, 7) is 2.19. The highest BCUT2D eigenvalue weighted by molar-refractivity contribution is 7.15. The highest BCUT2D eigenvalue weighted by atomic mass is 32.1. The summed E-state index contributed by atoms with van der Waals surface area (Å²) in [6, 6.07) is 9.72. The average Bonchev–Trinajstić information content (AvgIpc) is 3.17. The molecule has 2 aromatic rings. The first-order valence-corrected chi connectivity index (χ1v) is 8.05. The molecular weight excluding hydrogens is 301 g/mol. The van der Waals surface area contributed by atoms with E-state index in [0.29, 0.717) is 16.3 Å². The van der Waals surface area contributed by atoms with Gasteiger partial charge in [0.1, 0.15) is 5.82 Å². The Morgan fingerprint density at radius 3 is 2.45 bits per heavy atom. The molecule has 5 heteroatoms. The van der Waals surface area contributed by atoms with Crippen molar-refractivity contribution in [2.45, 2.75) is 25.8 Å². The van der Waals surface area contributed by atoms with Crippen molar-refractivity contribution < 1.29 is 14.0 Å². The Morgan fingerprint density at radius 1 is 1.14 bits per heavy atom. The Hall–Kier alpha value is -2.01. The van der Waals surface area contributed by atoms with Crippen LogP contribution in [0.1, 0.15) is 50.7 Å². The number of hydrogen-bond acceptors (Lipinski definition) is 3. The minimum absolute atomic E-state index is 0.0176. The smallest absolute Gasteiger partial charge is 0.264 e. The number of rotatable bonds is 3. The van der Waals surface area contributed by atoms with E-state index in [4.69, 9.17) is 0 Å². The summed E-state index contributed by atoms with van der Waals surface area (Å²) in [5.41, 5.74) is 0.954. The Kier molecular flexibility index (Phi) is 4.07. The van der Waals surface area contributed by atoms with Gasteiger partial charge in [-0.15, -0.1) is 11.3 Å². The van der Waals surface area contributed by atoms with E-state index in [-0.39, 0.29) is 23.5 Å². The molecule has 1 atom stereocenters. The molecule has 1 aromatic carbocycles. The molecule has 0 saturated carbocycles. The maximum absolute atomic E-state index is 13.1. The van der Waals surface area contributed by atoms with E-state index in [9.17, 15) is 14.0 Å². The zero-order chi connectivity index (χ0) is 15.7. The molecule has 3 rings (SSSR count). The highest BCUT2D eigenvalue weighted by Crippen LogP contribution is 2.34. The van der Waals surface area contributed by atoms with Crippen LogP contribution >= 0.6 is 11.3 Å². The molecule has 1 unspecified atom stereocenters. The maximum atomic E-state index is 13.1. The monoisotopic (exact) mass is 317 g/mol. The molecule has 1 amide bonds. The molecule has 1 saturated heterocycles. The lowest BCUT2D eigenvalue weighted by atomic mass is 10.0. The zero-order valence-electron chi connectivity index (χ0n) is 12.2. The molecule has 0 N–H and O–H groups in total. The second-order valence-electron chi connectivity index (χ2n) is 5.43. The molecule has 3 nitrogen and oxygen atoms in total. The zero-order valence-corrected chi connectivity index (χ0v) is 13.0. The van der Waals surface area contributed by atoms with E-state index < -0.39 is 0 Å². The number of nitrogens with zero attached hydrogens (tertiary/aromatic N) is 1. The minimum atomic E-state index is -0.274. The fourth-order valence-corrected chi connectivity index (χ4v) is 3.68. The van der Waals surface area contributed by atoms with Crippen LogP contribution in [0.3, 0.4) is 0 Å². The van der Waals surface area contributed by atoms with E-state index in [1.54, 1.807) is 24.3 Å². The summed E-state index contributed by atoms with van der Waals surface area (Å²) in [4.78, 5) is 27.1. The SMILES string of the molecule is CC(=O)c1ccc(C(=O)N2CCCC2c2ccc(F)cc2)s1. The fraction of sp³-hybridized carbons (Fsp3) is 0.294. The molecular formula is C17H16FNO2S.